The van der Waals surface area contributed by atoms with Crippen molar-refractivity contribution in [2.45, 2.75) is 76.3 Å². The van der Waals surface area contributed by atoms with Crippen LogP contribution in [0.15, 0.2) is 66.2 Å². The highest BCUT2D eigenvalue weighted by molar-refractivity contribution is 6.33. The minimum atomic E-state index is -3.14. The Morgan fingerprint density at radius 3 is 2.49 bits per heavy atom. The lowest BCUT2D eigenvalue weighted by Crippen LogP contribution is -2.51. The Labute approximate surface area is 310 Å². The van der Waals surface area contributed by atoms with Crippen molar-refractivity contribution in [1.82, 2.24) is 30.1 Å². The van der Waals surface area contributed by atoms with Crippen LogP contribution in [0, 0.1) is 5.41 Å². The molecule has 282 valence electrons. The number of benzene rings is 2. The molecule has 2 aliphatic rings. The van der Waals surface area contributed by atoms with E-state index in [0.717, 1.165) is 22.1 Å². The van der Waals surface area contributed by atoms with Gasteiger partial charge in [-0.25, -0.2) is 27.6 Å². The maximum absolute atomic E-state index is 15.0. The van der Waals surface area contributed by atoms with Gasteiger partial charge in [-0.1, -0.05) is 48.9 Å². The number of hydrogen-bond acceptors (Lipinski definition) is 7. The minimum Gasteiger partial charge on any atom is -0.447 e. The van der Waals surface area contributed by atoms with E-state index >= 15 is 0 Å². The minimum absolute atomic E-state index is 0.0240. The number of aromatic amines is 1. The van der Waals surface area contributed by atoms with Crippen LogP contribution in [0.2, 0.25) is 5.02 Å². The number of halogens is 6. The van der Waals surface area contributed by atoms with Gasteiger partial charge in [-0.3, -0.25) is 9.69 Å². The van der Waals surface area contributed by atoms with Crippen LogP contribution >= 0.6 is 11.6 Å². The lowest BCUT2D eigenvalue weighted by atomic mass is 9.79. The van der Waals surface area contributed by atoms with Gasteiger partial charge in [0.1, 0.15) is 19.8 Å². The van der Waals surface area contributed by atoms with Crippen molar-refractivity contribution in [2.75, 3.05) is 6.61 Å². The first-order valence-electron chi connectivity index (χ1n) is 17.8. The maximum Gasteiger partial charge on any atom is 0.407 e. The lowest BCUT2D eigenvalue weighted by Gasteiger charge is -2.33. The molecule has 1 saturated carbocycles. The smallest absolute Gasteiger partial charge is 0.407 e. The average molecular weight is 766 g/mol. The van der Waals surface area contributed by atoms with Crippen molar-refractivity contribution in [2.24, 2.45) is 23.1 Å². The van der Waals surface area contributed by atoms with E-state index in [2.05, 4.69) is 25.5 Å². The Kier molecular flexibility index (Phi) is 8.54. The van der Waals surface area contributed by atoms with E-state index in [1.54, 1.807) is 0 Å². The van der Waals surface area contributed by atoms with Crippen LogP contribution in [0.1, 0.15) is 68.4 Å². The van der Waals surface area contributed by atoms with E-state index < -0.39 is 85.6 Å². The van der Waals surface area contributed by atoms with Crippen molar-refractivity contribution in [3.05, 3.63) is 77.3 Å². The number of aromatic nitrogens is 5. The number of rotatable bonds is 12. The quantitative estimate of drug-likeness (QED) is 0.116. The molecular weight excluding hydrogens is 725 g/mol. The van der Waals surface area contributed by atoms with E-state index in [9.17, 15) is 31.5 Å². The Balaban J connectivity index is 1.42. The average Bonchev–Trinajstić information content (AvgIpc) is 3.65. The van der Waals surface area contributed by atoms with E-state index in [1.807, 2.05) is 0 Å². The van der Waals surface area contributed by atoms with Gasteiger partial charge in [0, 0.05) is 23.6 Å². The van der Waals surface area contributed by atoms with Crippen LogP contribution in [0.3, 0.4) is 0 Å². The van der Waals surface area contributed by atoms with Gasteiger partial charge in [0.05, 0.1) is 32.5 Å². The molecule has 2 aromatic carbocycles. The lowest BCUT2D eigenvalue weighted by molar-refractivity contribution is -0.727. The van der Waals surface area contributed by atoms with E-state index in [-0.39, 0.29) is 27.5 Å². The summed E-state index contributed by atoms with van der Waals surface area (Å²) in [5.74, 6) is -4.37. The van der Waals surface area contributed by atoms with Crippen molar-refractivity contribution in [3.63, 3.8) is 0 Å². The summed E-state index contributed by atoms with van der Waals surface area (Å²) < 4.78 is 100. The predicted octanol–water partition coefficient (Wildman–Crippen LogP) is 6.20. The second kappa shape index (κ2) is 13.4. The van der Waals surface area contributed by atoms with E-state index in [0.29, 0.717) is 15.8 Å². The Hall–Kier alpha value is -5.06. The highest BCUT2D eigenvalue weighted by Crippen LogP contribution is 2.66. The van der Waals surface area contributed by atoms with Crippen LogP contribution < -0.4 is 15.7 Å². The molecule has 2 aromatic heterocycles. The van der Waals surface area contributed by atoms with Gasteiger partial charge in [0.25, 0.3) is 17.7 Å². The maximum atomic E-state index is 15.0. The molecule has 53 heavy (non-hydrogen) atoms. The molecule has 0 saturated heterocycles. The number of carbonyl (C=O) groups is 2. The number of nitrogens with zero attached hydrogens (tertiary/aromatic N) is 6. The molecule has 1 unspecified atom stereocenters. The number of hydrogen-bond donors (Lipinski definition) is 3. The standard InChI is InChI=1S/C35H37ClF5N9O3/c1-19(37)32(2,3)46-31(52)53-15-26(21-8-11-25(36)24(12-21)27-43-18-48(5)47-27)50-28(51)34(45-30(50)42,16-33(4)17-35(33,40)41)23-9-6-20(7-10-23)22-13-44-49(14-22)29(38)39/h6-14,18-19,26,29H,15-17H2,1-5H3,(H3,42,45,46,52)/p+1/t19?,26-,33+,34-/m1/s1/i5D3. The Morgan fingerprint density at radius 2 is 1.91 bits per heavy atom. The molecule has 0 radical (unpaired) electrons. The first kappa shape index (κ1) is 33.8. The molecule has 4 atom stereocenters. The van der Waals surface area contributed by atoms with E-state index in [1.165, 1.54) is 76.4 Å². The van der Waals surface area contributed by atoms with Crippen LogP contribution in [0.25, 0.3) is 22.5 Å². The summed E-state index contributed by atoms with van der Waals surface area (Å²) in [5, 5.41) is 8.82. The van der Waals surface area contributed by atoms with Crippen molar-refractivity contribution in [1.29, 1.82) is 0 Å². The summed E-state index contributed by atoms with van der Waals surface area (Å²) in [7, 11) is 0. The van der Waals surface area contributed by atoms with Gasteiger partial charge in [-0.05, 0) is 61.0 Å². The fourth-order valence-corrected chi connectivity index (χ4v) is 6.47. The third-order valence-electron chi connectivity index (χ3n) is 9.90. The molecule has 1 aliphatic heterocycles. The van der Waals surface area contributed by atoms with Gasteiger partial charge >= 0.3 is 19.0 Å². The first-order valence-corrected chi connectivity index (χ1v) is 16.7. The molecule has 12 nitrogen and oxygen atoms in total. The van der Waals surface area contributed by atoms with Crippen molar-refractivity contribution >= 4 is 29.6 Å². The van der Waals surface area contributed by atoms with Gasteiger partial charge < -0.3 is 15.8 Å². The number of aryl methyl sites for hydroxylation is 1. The highest BCUT2D eigenvalue weighted by atomic mass is 35.5. The molecular formula is C35H38ClF5N9O3+. The number of ether oxygens (including phenoxy) is 1. The van der Waals surface area contributed by atoms with Crippen molar-refractivity contribution in [3.8, 4) is 22.5 Å². The zero-order valence-corrected chi connectivity index (χ0v) is 29.6. The number of alkyl carbamates (subject to hydrolysis) is 1. The third kappa shape index (κ3) is 7.05. The second-order valence-corrected chi connectivity index (χ2v) is 14.5. The zero-order valence-electron chi connectivity index (χ0n) is 31.9. The number of nitrogens with one attached hydrogen (secondary N) is 2. The zero-order chi connectivity index (χ0) is 41.2. The molecule has 6 rings (SSSR count). The van der Waals surface area contributed by atoms with Crippen molar-refractivity contribution < 1.29 is 45.1 Å². The monoisotopic (exact) mass is 765 g/mol. The predicted molar refractivity (Wildman–Crippen MR) is 183 cm³/mol. The molecule has 4 N–H and O–H groups in total. The molecule has 2 amide bonds. The second-order valence-electron chi connectivity index (χ2n) is 14.1. The Morgan fingerprint density at radius 1 is 1.21 bits per heavy atom. The molecule has 1 fully saturated rings. The molecule has 4 aromatic rings. The fourth-order valence-electron chi connectivity index (χ4n) is 6.26. The van der Waals surface area contributed by atoms with Crippen LogP contribution in [-0.4, -0.2) is 67.0 Å². The van der Waals surface area contributed by atoms with Gasteiger partial charge in [0.15, 0.2) is 11.5 Å². The Bertz CT molecular complexity index is 2180. The summed E-state index contributed by atoms with van der Waals surface area (Å²) in [5.41, 5.74) is 2.80. The number of alkyl halides is 5. The normalized spacial score (nSPS) is 23.2. The number of nitrogens with two attached hydrogens (primary N) is 1. The van der Waals surface area contributed by atoms with Gasteiger partial charge in [0.2, 0.25) is 0 Å². The van der Waals surface area contributed by atoms with Crippen LogP contribution in [0.4, 0.5) is 26.7 Å². The van der Waals surface area contributed by atoms with E-state index in [4.69, 9.17) is 26.2 Å². The number of amides is 2. The van der Waals surface area contributed by atoms with Gasteiger partial charge in [-0.2, -0.15) is 23.7 Å². The molecule has 0 spiro atoms. The molecule has 0 bridgehead atoms. The highest BCUT2D eigenvalue weighted by Gasteiger charge is 2.71. The summed E-state index contributed by atoms with van der Waals surface area (Å²) in [4.78, 5) is 37.7. The number of H-pyrrole nitrogens is 1. The molecule has 3 heterocycles. The van der Waals surface area contributed by atoms with Crippen LogP contribution in [0.5, 0.6) is 0 Å². The van der Waals surface area contributed by atoms with Crippen LogP contribution in [-0.2, 0) is 22.0 Å². The topological polar surface area (TPSA) is 147 Å². The number of aliphatic imine (C=N–C) groups is 1. The fraction of sp³-hybridized carbons (Fsp3) is 0.429. The summed E-state index contributed by atoms with van der Waals surface area (Å²) in [6.45, 7) is -0.669. The molecule has 1 aliphatic carbocycles. The first-order chi connectivity index (χ1) is 26.0. The SMILES string of the molecule is [2H]C([2H])([2H])[n+]1cnc(-c2cc([C@@H](COC(=O)NC(C)(C)C(C)F)N3C(=O)[C@@](C[C@@]4(C)CC4(F)F)(c4ccc(-c5cnn(C(F)F)c5)cc4)N=C3N)ccc2Cl)[nH]1. The van der Waals surface area contributed by atoms with Gasteiger partial charge in [-0.15, -0.1) is 0 Å². The summed E-state index contributed by atoms with van der Waals surface area (Å²) >= 11 is 6.53. The number of carbonyl (C=O) groups excluding carboxylic acids is 2. The summed E-state index contributed by atoms with van der Waals surface area (Å²) in [6.07, 6.45) is -0.177. The molecule has 18 heteroatoms. The summed E-state index contributed by atoms with van der Waals surface area (Å²) in [6, 6.07) is 9.01. The largest absolute Gasteiger partial charge is 0.447 e. The third-order valence-corrected chi connectivity index (χ3v) is 10.2. The number of guanidine groups is 1.